The molecule has 0 fully saturated rings. The molecule has 1 unspecified atom stereocenters. The zero-order chi connectivity index (χ0) is 13.9. The summed E-state index contributed by atoms with van der Waals surface area (Å²) in [6, 6.07) is 14.4. The highest BCUT2D eigenvalue weighted by atomic mass is 32.2. The molecule has 1 heterocycles. The van der Waals surface area contributed by atoms with Crippen LogP contribution in [0.5, 0.6) is 11.5 Å². The fraction of sp³-hybridized carbons (Fsp3) is 0.250. The Morgan fingerprint density at radius 1 is 1.10 bits per heavy atom. The van der Waals surface area contributed by atoms with Crippen LogP contribution in [0.3, 0.4) is 0 Å². The second kappa shape index (κ2) is 5.77. The number of aryl methyl sites for hydroxylation is 1. The first-order valence-corrected chi connectivity index (χ1v) is 7.55. The molecule has 0 aromatic heterocycles. The van der Waals surface area contributed by atoms with E-state index in [0.29, 0.717) is 6.79 Å². The lowest BCUT2D eigenvalue weighted by atomic mass is 10.1. The van der Waals surface area contributed by atoms with Crippen LogP contribution in [0.2, 0.25) is 0 Å². The van der Waals surface area contributed by atoms with Crippen molar-refractivity contribution in [1.82, 2.24) is 0 Å². The molecule has 0 aliphatic carbocycles. The minimum atomic E-state index is -0.0178. The van der Waals surface area contributed by atoms with Crippen LogP contribution in [0.15, 0.2) is 47.4 Å². The summed E-state index contributed by atoms with van der Waals surface area (Å²) in [5.74, 6) is 2.42. The van der Waals surface area contributed by atoms with Gasteiger partial charge >= 0.3 is 0 Å². The van der Waals surface area contributed by atoms with E-state index >= 15 is 0 Å². The average molecular weight is 287 g/mol. The quantitative estimate of drug-likeness (QED) is 0.874. The van der Waals surface area contributed by atoms with Gasteiger partial charge in [-0.3, -0.25) is 0 Å². The van der Waals surface area contributed by atoms with Gasteiger partial charge in [-0.1, -0.05) is 23.8 Å². The molecule has 0 spiro atoms. The van der Waals surface area contributed by atoms with Gasteiger partial charge in [-0.15, -0.1) is 11.8 Å². The Bertz CT molecular complexity index is 598. The van der Waals surface area contributed by atoms with Crippen molar-refractivity contribution in [1.29, 1.82) is 0 Å². The molecule has 0 radical (unpaired) electrons. The lowest BCUT2D eigenvalue weighted by Gasteiger charge is -2.12. The van der Waals surface area contributed by atoms with Crippen LogP contribution in [-0.2, 0) is 0 Å². The molecule has 0 saturated heterocycles. The predicted octanol–water partition coefficient (Wildman–Crippen LogP) is 3.52. The molecule has 0 amide bonds. The molecule has 1 atom stereocenters. The molecule has 2 aromatic carbocycles. The van der Waals surface area contributed by atoms with Gasteiger partial charge in [-0.05, 0) is 36.8 Å². The molecule has 0 saturated carbocycles. The van der Waals surface area contributed by atoms with E-state index in [9.17, 15) is 0 Å². The van der Waals surface area contributed by atoms with Gasteiger partial charge in [0.2, 0.25) is 6.79 Å². The van der Waals surface area contributed by atoms with Gasteiger partial charge in [0, 0.05) is 16.7 Å². The van der Waals surface area contributed by atoms with Gasteiger partial charge in [-0.2, -0.15) is 0 Å². The Labute approximate surface area is 123 Å². The molecule has 1 aliphatic heterocycles. The first-order valence-electron chi connectivity index (χ1n) is 6.57. The van der Waals surface area contributed by atoms with Crippen LogP contribution in [0.1, 0.15) is 17.2 Å². The smallest absolute Gasteiger partial charge is 0.231 e. The summed E-state index contributed by atoms with van der Waals surface area (Å²) in [4.78, 5) is 1.24. The van der Waals surface area contributed by atoms with Gasteiger partial charge in [0.05, 0.1) is 0 Å². The number of nitrogens with two attached hydrogens (primary N) is 1. The van der Waals surface area contributed by atoms with Crippen LogP contribution in [0.4, 0.5) is 0 Å². The van der Waals surface area contributed by atoms with Gasteiger partial charge < -0.3 is 15.2 Å². The Balaban J connectivity index is 1.64. The number of ether oxygens (including phenoxy) is 2. The van der Waals surface area contributed by atoms with Crippen molar-refractivity contribution >= 4 is 11.8 Å². The van der Waals surface area contributed by atoms with E-state index in [0.717, 1.165) is 22.8 Å². The molecule has 104 valence electrons. The number of hydrogen-bond acceptors (Lipinski definition) is 4. The van der Waals surface area contributed by atoms with Crippen molar-refractivity contribution in [2.24, 2.45) is 5.73 Å². The lowest BCUT2D eigenvalue weighted by molar-refractivity contribution is 0.174. The van der Waals surface area contributed by atoms with E-state index in [2.05, 4.69) is 31.2 Å². The van der Waals surface area contributed by atoms with Crippen molar-refractivity contribution in [2.75, 3.05) is 12.5 Å². The van der Waals surface area contributed by atoms with Crippen LogP contribution < -0.4 is 15.2 Å². The second-order valence-electron chi connectivity index (χ2n) is 4.84. The van der Waals surface area contributed by atoms with E-state index in [1.807, 2.05) is 18.2 Å². The molecule has 3 rings (SSSR count). The standard InChI is InChI=1S/C16H17NO2S/c1-11-2-5-13(6-3-11)20-9-14(17)12-4-7-15-16(8-12)19-10-18-15/h2-8,14H,9-10,17H2,1H3. The van der Waals surface area contributed by atoms with Crippen molar-refractivity contribution in [2.45, 2.75) is 17.9 Å². The number of thioether (sulfide) groups is 1. The fourth-order valence-corrected chi connectivity index (χ4v) is 2.95. The maximum Gasteiger partial charge on any atom is 0.231 e. The molecule has 3 nitrogen and oxygen atoms in total. The third kappa shape index (κ3) is 2.92. The topological polar surface area (TPSA) is 44.5 Å². The normalized spacial score (nSPS) is 14.3. The van der Waals surface area contributed by atoms with Crippen molar-refractivity contribution < 1.29 is 9.47 Å². The van der Waals surface area contributed by atoms with Gasteiger partial charge in [0.25, 0.3) is 0 Å². The van der Waals surface area contributed by atoms with Gasteiger partial charge in [-0.25, -0.2) is 0 Å². The second-order valence-corrected chi connectivity index (χ2v) is 5.94. The molecule has 2 N–H and O–H groups in total. The molecule has 4 heteroatoms. The zero-order valence-corrected chi connectivity index (χ0v) is 12.2. The molecule has 0 bridgehead atoms. The van der Waals surface area contributed by atoms with Crippen molar-refractivity contribution in [3.05, 3.63) is 53.6 Å². The Hall–Kier alpha value is -1.65. The summed E-state index contributed by atoms with van der Waals surface area (Å²) in [7, 11) is 0. The van der Waals surface area contributed by atoms with Crippen LogP contribution >= 0.6 is 11.8 Å². The maximum atomic E-state index is 6.25. The van der Waals surface area contributed by atoms with E-state index in [1.54, 1.807) is 11.8 Å². The first-order chi connectivity index (χ1) is 9.72. The van der Waals surface area contributed by atoms with Crippen molar-refractivity contribution in [3.63, 3.8) is 0 Å². The van der Waals surface area contributed by atoms with Gasteiger partial charge in [0.15, 0.2) is 11.5 Å². The number of hydrogen-bond donors (Lipinski definition) is 1. The summed E-state index contributed by atoms with van der Waals surface area (Å²) in [5.41, 5.74) is 8.60. The van der Waals surface area contributed by atoms with Crippen LogP contribution in [0.25, 0.3) is 0 Å². The average Bonchev–Trinajstić information content (AvgIpc) is 2.93. The summed E-state index contributed by atoms with van der Waals surface area (Å²) in [5, 5.41) is 0. The molecular weight excluding hydrogens is 270 g/mol. The monoisotopic (exact) mass is 287 g/mol. The summed E-state index contributed by atoms with van der Waals surface area (Å²) in [6.07, 6.45) is 0. The number of rotatable bonds is 4. The highest BCUT2D eigenvalue weighted by Crippen LogP contribution is 2.34. The minimum absolute atomic E-state index is 0.0178. The largest absolute Gasteiger partial charge is 0.454 e. The minimum Gasteiger partial charge on any atom is -0.454 e. The van der Waals surface area contributed by atoms with E-state index < -0.39 is 0 Å². The maximum absolute atomic E-state index is 6.25. The molecule has 1 aliphatic rings. The Morgan fingerprint density at radius 2 is 1.85 bits per heavy atom. The zero-order valence-electron chi connectivity index (χ0n) is 11.3. The highest BCUT2D eigenvalue weighted by molar-refractivity contribution is 7.99. The first kappa shape index (κ1) is 13.3. The van der Waals surface area contributed by atoms with E-state index in [1.165, 1.54) is 10.5 Å². The van der Waals surface area contributed by atoms with E-state index in [4.69, 9.17) is 15.2 Å². The van der Waals surface area contributed by atoms with E-state index in [-0.39, 0.29) is 6.04 Å². The molecule has 20 heavy (non-hydrogen) atoms. The summed E-state index contributed by atoms with van der Waals surface area (Å²) in [6.45, 7) is 2.39. The van der Waals surface area contributed by atoms with Crippen molar-refractivity contribution in [3.8, 4) is 11.5 Å². The Kier molecular flexibility index (Phi) is 3.85. The van der Waals surface area contributed by atoms with Gasteiger partial charge in [0.1, 0.15) is 0 Å². The summed E-state index contributed by atoms with van der Waals surface area (Å²) >= 11 is 1.77. The Morgan fingerprint density at radius 3 is 2.65 bits per heavy atom. The third-order valence-electron chi connectivity index (χ3n) is 3.28. The van der Waals surface area contributed by atoms with Crippen LogP contribution in [0, 0.1) is 6.92 Å². The highest BCUT2D eigenvalue weighted by Gasteiger charge is 2.16. The predicted molar refractivity (Wildman–Crippen MR) is 81.4 cm³/mol. The third-order valence-corrected chi connectivity index (χ3v) is 4.41. The number of fused-ring (bicyclic) bond motifs is 1. The molecule has 2 aromatic rings. The summed E-state index contributed by atoms with van der Waals surface area (Å²) < 4.78 is 10.7. The fourth-order valence-electron chi connectivity index (χ4n) is 2.06. The SMILES string of the molecule is Cc1ccc(SCC(N)c2ccc3c(c2)OCO3)cc1. The number of benzene rings is 2. The van der Waals surface area contributed by atoms with Crippen LogP contribution in [-0.4, -0.2) is 12.5 Å². The lowest BCUT2D eigenvalue weighted by Crippen LogP contribution is -2.12. The molecular formula is C16H17NO2S.